The Balaban J connectivity index is 1.66. The van der Waals surface area contributed by atoms with Gasteiger partial charge in [-0.2, -0.15) is 0 Å². The number of fused-ring (bicyclic) bond motifs is 2. The molecule has 2 aliphatic rings. The van der Waals surface area contributed by atoms with Gasteiger partial charge in [-0.25, -0.2) is 4.79 Å². The highest BCUT2D eigenvalue weighted by atomic mass is 16.5. The van der Waals surface area contributed by atoms with E-state index in [4.69, 9.17) is 4.74 Å². The van der Waals surface area contributed by atoms with Crippen molar-refractivity contribution < 1.29 is 14.3 Å². The van der Waals surface area contributed by atoms with Crippen molar-refractivity contribution in [2.75, 3.05) is 12.4 Å². The van der Waals surface area contributed by atoms with Crippen LogP contribution in [0.2, 0.25) is 0 Å². The zero-order valence-corrected chi connectivity index (χ0v) is 14.2. The van der Waals surface area contributed by atoms with Gasteiger partial charge >= 0.3 is 6.03 Å². The second kappa shape index (κ2) is 7.11. The molecule has 2 heterocycles. The van der Waals surface area contributed by atoms with Crippen LogP contribution in [0.5, 0.6) is 5.75 Å². The predicted octanol–water partition coefficient (Wildman–Crippen LogP) is 2.75. The Bertz CT molecular complexity index is 588. The molecule has 24 heavy (non-hydrogen) atoms. The van der Waals surface area contributed by atoms with Crippen LogP contribution in [0.1, 0.15) is 39.0 Å². The van der Waals surface area contributed by atoms with E-state index in [0.29, 0.717) is 0 Å². The fourth-order valence-corrected chi connectivity index (χ4v) is 3.98. The molecule has 0 aromatic heterocycles. The van der Waals surface area contributed by atoms with Crippen LogP contribution < -0.4 is 15.4 Å². The fraction of sp³-hybridized carbons (Fsp3) is 0.556. The third-order valence-corrected chi connectivity index (χ3v) is 4.96. The van der Waals surface area contributed by atoms with E-state index in [-0.39, 0.29) is 30.1 Å². The van der Waals surface area contributed by atoms with Crippen molar-refractivity contribution in [1.82, 2.24) is 10.2 Å². The lowest BCUT2D eigenvalue weighted by molar-refractivity contribution is -0.120. The molecule has 3 rings (SSSR count). The molecular weight excluding hydrogens is 306 g/mol. The van der Waals surface area contributed by atoms with Gasteiger partial charge in [0.1, 0.15) is 5.75 Å². The van der Waals surface area contributed by atoms with Crippen LogP contribution >= 0.6 is 0 Å². The number of methoxy groups -OCH3 is 1. The van der Waals surface area contributed by atoms with Crippen molar-refractivity contribution in [2.45, 2.75) is 57.2 Å². The first-order chi connectivity index (χ1) is 11.6. The molecule has 0 saturated carbocycles. The number of anilines is 1. The summed E-state index contributed by atoms with van der Waals surface area (Å²) in [4.78, 5) is 26.1. The molecule has 1 aromatic rings. The number of piperidine rings is 2. The van der Waals surface area contributed by atoms with Crippen LogP contribution in [0.25, 0.3) is 0 Å². The van der Waals surface area contributed by atoms with Gasteiger partial charge in [-0.15, -0.1) is 0 Å². The van der Waals surface area contributed by atoms with Gasteiger partial charge in [0.2, 0.25) is 5.91 Å². The number of hydrogen-bond acceptors (Lipinski definition) is 3. The van der Waals surface area contributed by atoms with Crippen LogP contribution in [0.15, 0.2) is 24.3 Å². The zero-order valence-electron chi connectivity index (χ0n) is 14.2. The summed E-state index contributed by atoms with van der Waals surface area (Å²) in [5.74, 6) is 0.773. The standard InChI is InChI=1S/C18H25N3O3/c1-12(22)19-14-10-15-4-3-5-16(11-14)21(15)18(23)20-13-6-8-17(24-2)9-7-13/h6-9,14-16H,3-5,10-11H2,1-2H3,(H,19,22)(H,20,23)/t14?,15-,16+. The molecule has 6 heteroatoms. The maximum atomic E-state index is 12.8. The van der Waals surface area contributed by atoms with E-state index >= 15 is 0 Å². The van der Waals surface area contributed by atoms with Gasteiger partial charge in [0.15, 0.2) is 0 Å². The molecule has 2 N–H and O–H groups in total. The smallest absolute Gasteiger partial charge is 0.322 e. The number of rotatable bonds is 3. The highest BCUT2D eigenvalue weighted by Gasteiger charge is 2.41. The van der Waals surface area contributed by atoms with E-state index in [0.717, 1.165) is 43.5 Å². The lowest BCUT2D eigenvalue weighted by Crippen LogP contribution is -2.59. The maximum Gasteiger partial charge on any atom is 0.322 e. The monoisotopic (exact) mass is 331 g/mol. The molecular formula is C18H25N3O3. The van der Waals surface area contributed by atoms with E-state index in [1.807, 2.05) is 29.2 Å². The Labute approximate surface area is 142 Å². The summed E-state index contributed by atoms with van der Waals surface area (Å²) in [6.45, 7) is 1.55. The van der Waals surface area contributed by atoms with E-state index in [2.05, 4.69) is 10.6 Å². The number of nitrogens with one attached hydrogen (secondary N) is 2. The van der Waals surface area contributed by atoms with E-state index in [1.54, 1.807) is 14.0 Å². The third kappa shape index (κ3) is 3.63. The highest BCUT2D eigenvalue weighted by molar-refractivity contribution is 5.90. The summed E-state index contributed by atoms with van der Waals surface area (Å²) in [5, 5.41) is 6.01. The van der Waals surface area contributed by atoms with Crippen molar-refractivity contribution in [3.05, 3.63) is 24.3 Å². The zero-order chi connectivity index (χ0) is 17.1. The molecule has 6 nitrogen and oxygen atoms in total. The summed E-state index contributed by atoms with van der Waals surface area (Å²) in [6.07, 6.45) is 4.83. The number of urea groups is 1. The molecule has 0 spiro atoms. The Hall–Kier alpha value is -2.24. The van der Waals surface area contributed by atoms with Crippen LogP contribution in [-0.4, -0.2) is 42.1 Å². The van der Waals surface area contributed by atoms with Gasteiger partial charge in [-0.3, -0.25) is 4.79 Å². The Kier molecular flexibility index (Phi) is 4.92. The van der Waals surface area contributed by atoms with Gasteiger partial charge in [-0.05, 0) is 56.4 Å². The van der Waals surface area contributed by atoms with Crippen LogP contribution in [0.3, 0.4) is 0 Å². The largest absolute Gasteiger partial charge is 0.497 e. The van der Waals surface area contributed by atoms with Gasteiger partial charge < -0.3 is 20.3 Å². The van der Waals surface area contributed by atoms with Crippen LogP contribution in [0.4, 0.5) is 10.5 Å². The molecule has 3 amide bonds. The number of ether oxygens (including phenoxy) is 1. The van der Waals surface area contributed by atoms with E-state index < -0.39 is 0 Å². The summed E-state index contributed by atoms with van der Waals surface area (Å²) in [6, 6.07) is 7.89. The van der Waals surface area contributed by atoms with Crippen LogP contribution in [-0.2, 0) is 4.79 Å². The normalized spacial score (nSPS) is 25.8. The van der Waals surface area contributed by atoms with Crippen molar-refractivity contribution in [3.8, 4) is 5.75 Å². The molecule has 2 aliphatic heterocycles. The second-order valence-corrected chi connectivity index (χ2v) is 6.67. The average molecular weight is 331 g/mol. The third-order valence-electron chi connectivity index (χ3n) is 4.96. The summed E-state index contributed by atoms with van der Waals surface area (Å²) in [7, 11) is 1.62. The molecule has 2 fully saturated rings. The molecule has 2 bridgehead atoms. The first-order valence-electron chi connectivity index (χ1n) is 8.57. The van der Waals surface area contributed by atoms with Crippen molar-refractivity contribution in [2.24, 2.45) is 0 Å². The highest BCUT2D eigenvalue weighted by Crippen LogP contribution is 2.34. The summed E-state index contributed by atoms with van der Waals surface area (Å²) < 4.78 is 5.14. The lowest BCUT2D eigenvalue weighted by Gasteiger charge is -2.48. The quantitative estimate of drug-likeness (QED) is 0.895. The van der Waals surface area contributed by atoms with Crippen molar-refractivity contribution >= 4 is 17.6 Å². The number of amides is 3. The topological polar surface area (TPSA) is 70.7 Å². The maximum absolute atomic E-state index is 12.8. The average Bonchev–Trinajstić information content (AvgIpc) is 2.54. The SMILES string of the molecule is COc1ccc(NC(=O)N2[C@@H]3CCC[C@H]2CC(NC(C)=O)C3)cc1. The summed E-state index contributed by atoms with van der Waals surface area (Å²) in [5.41, 5.74) is 0.767. The first kappa shape index (κ1) is 16.6. The Morgan fingerprint density at radius 2 is 1.75 bits per heavy atom. The van der Waals surface area contributed by atoms with Gasteiger partial charge in [0, 0.05) is 30.7 Å². The van der Waals surface area contributed by atoms with Gasteiger partial charge in [0.05, 0.1) is 7.11 Å². The molecule has 0 aliphatic carbocycles. The minimum Gasteiger partial charge on any atom is -0.497 e. The van der Waals surface area contributed by atoms with Gasteiger partial charge in [0.25, 0.3) is 0 Å². The number of benzene rings is 1. The fourth-order valence-electron chi connectivity index (χ4n) is 3.98. The van der Waals surface area contributed by atoms with E-state index in [1.165, 1.54) is 0 Å². The van der Waals surface area contributed by atoms with Crippen LogP contribution in [0, 0.1) is 0 Å². The number of carbonyl (C=O) groups excluding carboxylic acids is 2. The molecule has 1 unspecified atom stereocenters. The van der Waals surface area contributed by atoms with Crippen molar-refractivity contribution in [1.29, 1.82) is 0 Å². The second-order valence-electron chi connectivity index (χ2n) is 6.67. The van der Waals surface area contributed by atoms with Gasteiger partial charge in [-0.1, -0.05) is 0 Å². The Morgan fingerprint density at radius 3 is 2.29 bits per heavy atom. The summed E-state index contributed by atoms with van der Waals surface area (Å²) >= 11 is 0. The minimum atomic E-state index is -0.0452. The Morgan fingerprint density at radius 1 is 1.12 bits per heavy atom. The van der Waals surface area contributed by atoms with E-state index in [9.17, 15) is 9.59 Å². The molecule has 1 aromatic carbocycles. The lowest BCUT2D eigenvalue weighted by atomic mass is 9.82. The first-order valence-corrected chi connectivity index (χ1v) is 8.57. The number of carbonyl (C=O) groups is 2. The number of hydrogen-bond donors (Lipinski definition) is 2. The molecule has 3 atom stereocenters. The predicted molar refractivity (Wildman–Crippen MR) is 92.1 cm³/mol. The molecule has 130 valence electrons. The molecule has 2 saturated heterocycles. The minimum absolute atomic E-state index is 0.00853. The van der Waals surface area contributed by atoms with Crippen molar-refractivity contribution in [3.63, 3.8) is 0 Å². The number of nitrogens with zero attached hydrogens (tertiary/aromatic N) is 1. The molecule has 0 radical (unpaired) electrons.